The molecule has 0 saturated heterocycles. The number of aliphatic carboxylic acids is 1. The highest BCUT2D eigenvalue weighted by Gasteiger charge is 2.30. The normalized spacial score (nSPS) is 16.8. The van der Waals surface area contributed by atoms with Crippen LogP contribution in [-0.4, -0.2) is 48.7 Å². The van der Waals surface area contributed by atoms with Crippen LogP contribution in [0.3, 0.4) is 0 Å². The average Bonchev–Trinajstić information content (AvgIpc) is 3.40. The zero-order valence-electron chi connectivity index (χ0n) is 19.1. The zero-order valence-corrected chi connectivity index (χ0v) is 20.8. The standard InChI is InChI=1S/C23H24N4O5S2/c1-11(2)16-9-15-17(10-32-16)34-20-18(15)19(28)26(13-5-7-14(31-4)8-6-13)22-24-25-23(27(20)22)33-12(3)21(29)30/h5-8,11-12,16H,9-10H2,1-4H3,(H,29,30)/t12-,16-/m0/s1. The van der Waals surface area contributed by atoms with E-state index in [-0.39, 0.29) is 11.7 Å². The van der Waals surface area contributed by atoms with Gasteiger partial charge in [-0.3, -0.25) is 9.59 Å². The Morgan fingerprint density at radius 3 is 2.65 bits per heavy atom. The van der Waals surface area contributed by atoms with Gasteiger partial charge in [0.1, 0.15) is 15.8 Å². The van der Waals surface area contributed by atoms with E-state index in [1.807, 2.05) is 0 Å². The molecule has 4 aromatic rings. The highest BCUT2D eigenvalue weighted by molar-refractivity contribution is 8.00. The van der Waals surface area contributed by atoms with Crippen molar-refractivity contribution in [1.82, 2.24) is 19.2 Å². The van der Waals surface area contributed by atoms with Gasteiger partial charge in [0.15, 0.2) is 5.16 Å². The Balaban J connectivity index is 1.82. The third-order valence-corrected chi connectivity index (χ3v) is 8.27. The average molecular weight is 501 g/mol. The second kappa shape index (κ2) is 8.71. The first-order valence-corrected chi connectivity index (χ1v) is 12.6. The molecule has 0 bridgehead atoms. The molecular weight excluding hydrogens is 476 g/mol. The smallest absolute Gasteiger partial charge is 0.316 e. The van der Waals surface area contributed by atoms with E-state index in [1.165, 1.54) is 15.9 Å². The highest BCUT2D eigenvalue weighted by atomic mass is 32.2. The number of hydrogen-bond acceptors (Lipinski definition) is 8. The van der Waals surface area contributed by atoms with Gasteiger partial charge in [-0.1, -0.05) is 25.6 Å². The molecule has 1 aromatic carbocycles. The van der Waals surface area contributed by atoms with Gasteiger partial charge < -0.3 is 14.6 Å². The van der Waals surface area contributed by atoms with Gasteiger partial charge >= 0.3 is 5.97 Å². The summed E-state index contributed by atoms with van der Waals surface area (Å²) in [7, 11) is 1.59. The van der Waals surface area contributed by atoms with Crippen LogP contribution in [0.1, 0.15) is 31.2 Å². The topological polar surface area (TPSA) is 108 Å². The second-order valence-electron chi connectivity index (χ2n) is 8.54. The molecule has 9 nitrogen and oxygen atoms in total. The van der Waals surface area contributed by atoms with Crippen molar-refractivity contribution in [3.05, 3.63) is 45.1 Å². The summed E-state index contributed by atoms with van der Waals surface area (Å²) < 4.78 is 14.7. The first-order valence-electron chi connectivity index (χ1n) is 10.9. The summed E-state index contributed by atoms with van der Waals surface area (Å²) in [5, 5.41) is 18.4. The minimum Gasteiger partial charge on any atom is -0.497 e. The molecule has 0 fully saturated rings. The van der Waals surface area contributed by atoms with Crippen LogP contribution in [0.5, 0.6) is 5.75 Å². The van der Waals surface area contributed by atoms with Crippen molar-refractivity contribution in [2.45, 2.75) is 50.3 Å². The van der Waals surface area contributed by atoms with E-state index in [1.54, 1.807) is 42.7 Å². The zero-order chi connectivity index (χ0) is 24.1. The summed E-state index contributed by atoms with van der Waals surface area (Å²) in [5.41, 5.74) is 1.44. The number of nitrogens with zero attached hydrogens (tertiary/aromatic N) is 4. The Kier molecular flexibility index (Phi) is 5.86. The van der Waals surface area contributed by atoms with Gasteiger partial charge in [0.05, 0.1) is 30.9 Å². The second-order valence-corrected chi connectivity index (χ2v) is 10.9. The Bertz CT molecular complexity index is 1450. The van der Waals surface area contributed by atoms with Crippen LogP contribution in [0, 0.1) is 5.92 Å². The van der Waals surface area contributed by atoms with E-state index >= 15 is 0 Å². The largest absolute Gasteiger partial charge is 0.497 e. The lowest BCUT2D eigenvalue weighted by Crippen LogP contribution is -2.28. The number of hydrogen-bond donors (Lipinski definition) is 1. The molecule has 0 radical (unpaired) electrons. The summed E-state index contributed by atoms with van der Waals surface area (Å²) in [5.74, 6) is 0.377. The van der Waals surface area contributed by atoms with Gasteiger partial charge in [0.25, 0.3) is 5.56 Å². The van der Waals surface area contributed by atoms with Crippen molar-refractivity contribution in [1.29, 1.82) is 0 Å². The van der Waals surface area contributed by atoms with Gasteiger partial charge in [0, 0.05) is 11.3 Å². The summed E-state index contributed by atoms with van der Waals surface area (Å²) in [4.78, 5) is 27.2. The van der Waals surface area contributed by atoms with Crippen LogP contribution in [-0.2, 0) is 22.6 Å². The van der Waals surface area contributed by atoms with Crippen LogP contribution >= 0.6 is 23.1 Å². The maximum atomic E-state index is 14.0. The Morgan fingerprint density at radius 1 is 1.26 bits per heavy atom. The molecular formula is C23H24N4O5S2. The molecule has 5 rings (SSSR count). The number of carboxylic acid groups (broad SMARTS) is 1. The fourth-order valence-electron chi connectivity index (χ4n) is 4.12. The van der Waals surface area contributed by atoms with Crippen molar-refractivity contribution in [3.8, 4) is 11.4 Å². The quantitative estimate of drug-likeness (QED) is 0.399. The first-order chi connectivity index (χ1) is 16.3. The lowest BCUT2D eigenvalue weighted by molar-refractivity contribution is -0.136. The molecule has 4 heterocycles. The highest BCUT2D eigenvalue weighted by Crippen LogP contribution is 2.38. The lowest BCUT2D eigenvalue weighted by Gasteiger charge is -2.26. The van der Waals surface area contributed by atoms with E-state index in [2.05, 4.69) is 24.0 Å². The fourth-order valence-corrected chi connectivity index (χ4v) is 6.20. The van der Waals surface area contributed by atoms with E-state index in [0.717, 1.165) is 22.2 Å². The molecule has 0 aliphatic carbocycles. The summed E-state index contributed by atoms with van der Waals surface area (Å²) in [6, 6.07) is 7.16. The van der Waals surface area contributed by atoms with Crippen molar-refractivity contribution < 1.29 is 19.4 Å². The Hall–Kier alpha value is -2.89. The van der Waals surface area contributed by atoms with Gasteiger partial charge in [-0.05, 0) is 42.7 Å². The van der Waals surface area contributed by atoms with Crippen molar-refractivity contribution in [2.75, 3.05) is 7.11 Å². The maximum Gasteiger partial charge on any atom is 0.316 e. The predicted molar refractivity (Wildman–Crippen MR) is 131 cm³/mol. The lowest BCUT2D eigenvalue weighted by atomic mass is 9.96. The molecule has 3 aromatic heterocycles. The minimum atomic E-state index is -0.944. The maximum absolute atomic E-state index is 14.0. The van der Waals surface area contributed by atoms with Crippen molar-refractivity contribution in [2.24, 2.45) is 5.92 Å². The van der Waals surface area contributed by atoms with Crippen LogP contribution in [0.25, 0.3) is 21.7 Å². The first kappa shape index (κ1) is 22.9. The molecule has 0 spiro atoms. The number of aromatic nitrogens is 4. The molecule has 34 heavy (non-hydrogen) atoms. The molecule has 0 amide bonds. The van der Waals surface area contributed by atoms with Gasteiger partial charge in [0.2, 0.25) is 5.78 Å². The Labute approximate surface area is 203 Å². The van der Waals surface area contributed by atoms with E-state index in [4.69, 9.17) is 9.47 Å². The van der Waals surface area contributed by atoms with Crippen molar-refractivity contribution in [3.63, 3.8) is 0 Å². The van der Waals surface area contributed by atoms with E-state index < -0.39 is 11.2 Å². The van der Waals surface area contributed by atoms with Crippen LogP contribution in [0.2, 0.25) is 0 Å². The number of carbonyl (C=O) groups is 1. The molecule has 1 N–H and O–H groups in total. The number of methoxy groups -OCH3 is 1. The SMILES string of the molecule is COc1ccc(-n2c(=O)c3c4c(sc3n3c(S[C@@H](C)C(=O)O)nnc23)CO[C@H](C(C)C)C4)cc1. The molecule has 178 valence electrons. The van der Waals surface area contributed by atoms with Crippen LogP contribution < -0.4 is 10.3 Å². The third-order valence-electron chi connectivity index (χ3n) is 6.05. The molecule has 0 saturated carbocycles. The summed E-state index contributed by atoms with van der Waals surface area (Å²) >= 11 is 2.58. The van der Waals surface area contributed by atoms with Gasteiger partial charge in [-0.2, -0.15) is 0 Å². The molecule has 2 atom stereocenters. The number of ether oxygens (including phenoxy) is 2. The number of carboxylic acids is 1. The summed E-state index contributed by atoms with van der Waals surface area (Å²) in [6.07, 6.45) is 0.670. The number of thioether (sulfide) groups is 1. The van der Waals surface area contributed by atoms with Crippen LogP contribution in [0.4, 0.5) is 0 Å². The third kappa shape index (κ3) is 3.68. The summed E-state index contributed by atoms with van der Waals surface area (Å²) in [6.45, 7) is 6.27. The number of thiophene rings is 1. The molecule has 1 aliphatic rings. The van der Waals surface area contributed by atoms with Gasteiger partial charge in [-0.25, -0.2) is 8.97 Å². The number of benzene rings is 1. The monoisotopic (exact) mass is 500 g/mol. The number of rotatable bonds is 6. The Morgan fingerprint density at radius 2 is 2.00 bits per heavy atom. The van der Waals surface area contributed by atoms with E-state index in [9.17, 15) is 14.7 Å². The molecule has 0 unspecified atom stereocenters. The van der Waals surface area contributed by atoms with E-state index in [0.29, 0.717) is 51.5 Å². The minimum absolute atomic E-state index is 0.0247. The van der Waals surface area contributed by atoms with Crippen LogP contribution in [0.15, 0.2) is 34.2 Å². The number of fused-ring (bicyclic) bond motifs is 5. The molecule has 11 heteroatoms. The molecule has 1 aliphatic heterocycles. The fraction of sp³-hybridized carbons (Fsp3) is 0.391. The van der Waals surface area contributed by atoms with Crippen molar-refractivity contribution >= 4 is 45.1 Å². The predicted octanol–water partition coefficient (Wildman–Crippen LogP) is 3.77. The van der Waals surface area contributed by atoms with Gasteiger partial charge in [-0.15, -0.1) is 21.5 Å².